The summed E-state index contributed by atoms with van der Waals surface area (Å²) in [7, 11) is 1.52. The standard InChI is InChI=1S/C21H24N2O6S/c1-5-16-19(25)23-18(14-6-8-15(9-7-14)29-13(3)24)17(12(2)22-21(23)30-16)20(26)28-11-10-27-4/h6-9,16,18H,5,10-11H2,1-4H3/t16-,18+/m0/s1. The van der Waals surface area contributed by atoms with Crippen LogP contribution in [0.4, 0.5) is 0 Å². The van der Waals surface area contributed by atoms with Gasteiger partial charge in [-0.25, -0.2) is 9.79 Å². The molecule has 2 atom stereocenters. The maximum atomic E-state index is 13.1. The average molecular weight is 432 g/mol. The number of methoxy groups -OCH3 is 1. The molecular weight excluding hydrogens is 408 g/mol. The summed E-state index contributed by atoms with van der Waals surface area (Å²) >= 11 is 1.40. The number of thioether (sulfide) groups is 1. The number of aliphatic imine (C=N–C) groups is 1. The molecule has 1 aromatic carbocycles. The number of benzene rings is 1. The Bertz CT molecular complexity index is 909. The largest absolute Gasteiger partial charge is 0.460 e. The highest BCUT2D eigenvalue weighted by Crippen LogP contribution is 2.44. The fourth-order valence-electron chi connectivity index (χ4n) is 3.34. The van der Waals surface area contributed by atoms with E-state index in [1.54, 1.807) is 36.1 Å². The SMILES string of the molecule is CC[C@@H]1SC2=NC(C)=C(C(=O)OCCOC)[C@@H](c3ccc(OC(C)=O)cc3)N2C1=O. The third-order valence-electron chi connectivity index (χ3n) is 4.72. The molecule has 1 fully saturated rings. The van der Waals surface area contributed by atoms with E-state index in [0.717, 1.165) is 0 Å². The molecule has 0 spiro atoms. The van der Waals surface area contributed by atoms with Crippen LogP contribution in [0.15, 0.2) is 40.5 Å². The van der Waals surface area contributed by atoms with Gasteiger partial charge in [0.1, 0.15) is 12.4 Å². The Morgan fingerprint density at radius 2 is 1.90 bits per heavy atom. The highest BCUT2D eigenvalue weighted by atomic mass is 32.2. The third kappa shape index (κ3) is 4.41. The van der Waals surface area contributed by atoms with Crippen LogP contribution in [-0.2, 0) is 23.9 Å². The summed E-state index contributed by atoms with van der Waals surface area (Å²) in [5.74, 6) is -0.677. The van der Waals surface area contributed by atoms with Gasteiger partial charge in [-0.1, -0.05) is 30.8 Å². The van der Waals surface area contributed by atoms with E-state index in [-0.39, 0.29) is 24.4 Å². The molecule has 0 aromatic heterocycles. The van der Waals surface area contributed by atoms with E-state index in [1.165, 1.54) is 25.8 Å². The van der Waals surface area contributed by atoms with Gasteiger partial charge >= 0.3 is 11.9 Å². The Balaban J connectivity index is 2.01. The summed E-state index contributed by atoms with van der Waals surface area (Å²) in [6.07, 6.45) is 0.657. The van der Waals surface area contributed by atoms with E-state index in [2.05, 4.69) is 4.99 Å². The first kappa shape index (κ1) is 22.0. The summed E-state index contributed by atoms with van der Waals surface area (Å²) in [6, 6.07) is 6.07. The molecule has 0 aliphatic carbocycles. The molecule has 0 saturated carbocycles. The maximum Gasteiger partial charge on any atom is 0.338 e. The van der Waals surface area contributed by atoms with Gasteiger partial charge in [0.05, 0.1) is 29.2 Å². The van der Waals surface area contributed by atoms with Crippen molar-refractivity contribution in [2.75, 3.05) is 20.3 Å². The second kappa shape index (κ2) is 9.44. The van der Waals surface area contributed by atoms with E-state index in [9.17, 15) is 14.4 Å². The highest BCUT2D eigenvalue weighted by Gasteiger charge is 2.47. The molecule has 2 aliphatic rings. The van der Waals surface area contributed by atoms with Crippen LogP contribution in [0.3, 0.4) is 0 Å². The van der Waals surface area contributed by atoms with E-state index in [0.29, 0.717) is 34.2 Å². The number of fused-ring (bicyclic) bond motifs is 1. The Kier molecular flexibility index (Phi) is 6.94. The molecule has 0 N–H and O–H groups in total. The number of esters is 2. The summed E-state index contributed by atoms with van der Waals surface area (Å²) in [4.78, 5) is 43.3. The highest BCUT2D eigenvalue weighted by molar-refractivity contribution is 8.15. The quantitative estimate of drug-likeness (QED) is 0.371. The van der Waals surface area contributed by atoms with Gasteiger partial charge in [0.25, 0.3) is 0 Å². The average Bonchev–Trinajstić information content (AvgIpc) is 3.02. The van der Waals surface area contributed by atoms with Gasteiger partial charge < -0.3 is 14.2 Å². The van der Waals surface area contributed by atoms with Crippen LogP contribution in [0, 0.1) is 0 Å². The Hall–Kier alpha value is -2.65. The predicted octanol–water partition coefficient (Wildman–Crippen LogP) is 2.84. The Morgan fingerprint density at radius 3 is 2.50 bits per heavy atom. The van der Waals surface area contributed by atoms with Crippen LogP contribution in [-0.4, -0.2) is 53.5 Å². The molecule has 8 nitrogen and oxygen atoms in total. The van der Waals surface area contributed by atoms with Crippen molar-refractivity contribution < 1.29 is 28.6 Å². The van der Waals surface area contributed by atoms with Crippen LogP contribution < -0.4 is 4.74 Å². The third-order valence-corrected chi connectivity index (χ3v) is 6.04. The lowest BCUT2D eigenvalue weighted by molar-refractivity contribution is -0.141. The fraction of sp³-hybridized carbons (Fsp3) is 0.429. The van der Waals surface area contributed by atoms with Crippen LogP contribution >= 0.6 is 11.8 Å². The number of nitrogens with zero attached hydrogens (tertiary/aromatic N) is 2. The number of carbonyl (C=O) groups excluding carboxylic acids is 3. The van der Waals surface area contributed by atoms with Gasteiger partial charge in [-0.05, 0) is 31.0 Å². The number of amides is 1. The van der Waals surface area contributed by atoms with Gasteiger partial charge in [-0.3, -0.25) is 14.5 Å². The molecule has 9 heteroatoms. The molecule has 30 heavy (non-hydrogen) atoms. The van der Waals surface area contributed by atoms with Crippen molar-refractivity contribution in [3.8, 4) is 5.75 Å². The number of hydrogen-bond donors (Lipinski definition) is 0. The molecule has 0 unspecified atom stereocenters. The molecule has 160 valence electrons. The predicted molar refractivity (Wildman–Crippen MR) is 112 cm³/mol. The Morgan fingerprint density at radius 1 is 1.20 bits per heavy atom. The first-order valence-corrected chi connectivity index (χ1v) is 10.5. The van der Waals surface area contributed by atoms with E-state index >= 15 is 0 Å². The van der Waals surface area contributed by atoms with E-state index in [4.69, 9.17) is 14.2 Å². The van der Waals surface area contributed by atoms with Gasteiger partial charge in [0.15, 0.2) is 5.17 Å². The fourth-order valence-corrected chi connectivity index (χ4v) is 4.48. The number of hydrogen-bond acceptors (Lipinski definition) is 8. The van der Waals surface area contributed by atoms with Crippen LogP contribution in [0.5, 0.6) is 5.75 Å². The monoisotopic (exact) mass is 432 g/mol. The maximum absolute atomic E-state index is 13.1. The minimum Gasteiger partial charge on any atom is -0.460 e. The van der Waals surface area contributed by atoms with Crippen LogP contribution in [0.1, 0.15) is 38.8 Å². The van der Waals surface area contributed by atoms with Crippen LogP contribution in [0.25, 0.3) is 0 Å². The molecule has 2 aliphatic heterocycles. The molecule has 0 radical (unpaired) electrons. The molecular formula is C21H24N2O6S. The summed E-state index contributed by atoms with van der Waals surface area (Å²) in [5, 5.41) is 0.329. The number of allylic oxidation sites excluding steroid dienone is 1. The van der Waals surface area contributed by atoms with Crippen molar-refractivity contribution in [3.63, 3.8) is 0 Å². The molecule has 3 rings (SSSR count). The topological polar surface area (TPSA) is 94.5 Å². The van der Waals surface area contributed by atoms with Crippen molar-refractivity contribution in [1.82, 2.24) is 4.90 Å². The Labute approximate surface area is 179 Å². The van der Waals surface area contributed by atoms with Crippen molar-refractivity contribution >= 4 is 34.8 Å². The van der Waals surface area contributed by atoms with Gasteiger partial charge in [0.2, 0.25) is 5.91 Å². The molecule has 1 saturated heterocycles. The number of carbonyl (C=O) groups is 3. The number of ether oxygens (including phenoxy) is 3. The smallest absolute Gasteiger partial charge is 0.338 e. The van der Waals surface area contributed by atoms with Gasteiger partial charge in [-0.15, -0.1) is 0 Å². The summed E-state index contributed by atoms with van der Waals surface area (Å²) in [6.45, 7) is 5.37. The van der Waals surface area contributed by atoms with Crippen LogP contribution in [0.2, 0.25) is 0 Å². The van der Waals surface area contributed by atoms with E-state index < -0.39 is 18.0 Å². The molecule has 0 bridgehead atoms. The normalized spacial score (nSPS) is 20.7. The minimum atomic E-state index is -0.671. The lowest BCUT2D eigenvalue weighted by Gasteiger charge is -2.33. The lowest BCUT2D eigenvalue weighted by atomic mass is 9.94. The first-order chi connectivity index (χ1) is 14.4. The number of rotatable bonds is 7. The van der Waals surface area contributed by atoms with E-state index in [1.807, 2.05) is 6.92 Å². The van der Waals surface area contributed by atoms with Crippen molar-refractivity contribution in [1.29, 1.82) is 0 Å². The summed E-state index contributed by atoms with van der Waals surface area (Å²) < 4.78 is 15.4. The first-order valence-electron chi connectivity index (χ1n) is 9.61. The number of amidine groups is 1. The zero-order chi connectivity index (χ0) is 21.8. The van der Waals surface area contributed by atoms with Crippen molar-refractivity contribution in [3.05, 3.63) is 41.1 Å². The molecule has 2 heterocycles. The zero-order valence-corrected chi connectivity index (χ0v) is 18.2. The van der Waals surface area contributed by atoms with Crippen molar-refractivity contribution in [2.24, 2.45) is 4.99 Å². The zero-order valence-electron chi connectivity index (χ0n) is 17.3. The second-order valence-electron chi connectivity index (χ2n) is 6.81. The second-order valence-corrected chi connectivity index (χ2v) is 7.98. The van der Waals surface area contributed by atoms with Crippen molar-refractivity contribution in [2.45, 2.75) is 38.5 Å². The minimum absolute atomic E-state index is 0.0926. The molecule has 1 aromatic rings. The summed E-state index contributed by atoms with van der Waals surface area (Å²) in [5.41, 5.74) is 1.51. The molecule has 1 amide bonds. The van der Waals surface area contributed by atoms with Gasteiger partial charge in [-0.2, -0.15) is 0 Å². The lowest BCUT2D eigenvalue weighted by Crippen LogP contribution is -2.40. The van der Waals surface area contributed by atoms with Gasteiger partial charge in [0, 0.05) is 14.0 Å².